The van der Waals surface area contributed by atoms with E-state index in [9.17, 15) is 22.8 Å². The quantitative estimate of drug-likeness (QED) is 0.349. The number of hydrogen-bond donors (Lipinski definition) is 3. The summed E-state index contributed by atoms with van der Waals surface area (Å²) < 4.78 is 41.9. The van der Waals surface area contributed by atoms with Gasteiger partial charge in [0, 0.05) is 12.1 Å². The van der Waals surface area contributed by atoms with Gasteiger partial charge in [-0.2, -0.15) is 0 Å². The van der Waals surface area contributed by atoms with E-state index < -0.39 is 35.1 Å². The van der Waals surface area contributed by atoms with E-state index in [2.05, 4.69) is 20.6 Å². The lowest BCUT2D eigenvalue weighted by atomic mass is 10.0. The second kappa shape index (κ2) is 10.0. The first-order valence-corrected chi connectivity index (χ1v) is 11.0. The van der Waals surface area contributed by atoms with Crippen LogP contribution in [0.5, 0.6) is 0 Å². The predicted octanol–water partition coefficient (Wildman–Crippen LogP) is 4.96. The Balaban J connectivity index is 1.50. The van der Waals surface area contributed by atoms with Crippen molar-refractivity contribution in [3.05, 3.63) is 95.1 Å². The van der Waals surface area contributed by atoms with Crippen molar-refractivity contribution in [2.24, 2.45) is 5.92 Å². The fraction of sp³-hybridized carbons (Fsp3) is 0.192. The molecule has 0 spiro atoms. The van der Waals surface area contributed by atoms with Gasteiger partial charge in [-0.1, -0.05) is 38.1 Å². The number of carbonyl (C=O) groups excluding carboxylic acids is 2. The topological polar surface area (TPSA) is 86.9 Å². The van der Waals surface area contributed by atoms with Crippen LogP contribution in [-0.4, -0.2) is 27.8 Å². The molecule has 1 heterocycles. The number of H-pyrrole nitrogens is 1. The van der Waals surface area contributed by atoms with Gasteiger partial charge in [0.25, 0.3) is 5.91 Å². The minimum Gasteiger partial charge on any atom is -0.342 e. The van der Waals surface area contributed by atoms with E-state index in [1.54, 1.807) is 50.2 Å². The Labute approximate surface area is 199 Å². The summed E-state index contributed by atoms with van der Waals surface area (Å²) in [5, 5.41) is 5.14. The van der Waals surface area contributed by atoms with E-state index in [0.29, 0.717) is 28.1 Å². The third kappa shape index (κ3) is 5.34. The molecule has 1 aromatic heterocycles. The first-order valence-electron chi connectivity index (χ1n) is 11.0. The summed E-state index contributed by atoms with van der Waals surface area (Å²) in [6.07, 6.45) is 0.275. The summed E-state index contributed by atoms with van der Waals surface area (Å²) in [7, 11) is 0. The number of amides is 2. The summed E-state index contributed by atoms with van der Waals surface area (Å²) >= 11 is 0. The zero-order valence-electron chi connectivity index (χ0n) is 19.0. The summed E-state index contributed by atoms with van der Waals surface area (Å²) in [6, 6.07) is 13.5. The van der Waals surface area contributed by atoms with Gasteiger partial charge in [-0.05, 0) is 47.9 Å². The van der Waals surface area contributed by atoms with E-state index in [-0.39, 0.29) is 18.2 Å². The molecule has 0 radical (unpaired) electrons. The maximum Gasteiger partial charge on any atom is 0.257 e. The van der Waals surface area contributed by atoms with Crippen molar-refractivity contribution in [1.29, 1.82) is 0 Å². The molecule has 9 heteroatoms. The molecule has 0 bridgehead atoms. The van der Waals surface area contributed by atoms with Crippen LogP contribution in [0.3, 0.4) is 0 Å². The van der Waals surface area contributed by atoms with Crippen molar-refractivity contribution in [1.82, 2.24) is 15.3 Å². The van der Waals surface area contributed by atoms with Gasteiger partial charge in [-0.3, -0.25) is 9.59 Å². The third-order valence-electron chi connectivity index (χ3n) is 5.54. The van der Waals surface area contributed by atoms with Gasteiger partial charge in [0.2, 0.25) is 5.91 Å². The highest BCUT2D eigenvalue weighted by molar-refractivity contribution is 6.02. The van der Waals surface area contributed by atoms with Gasteiger partial charge in [-0.15, -0.1) is 0 Å². The molecule has 35 heavy (non-hydrogen) atoms. The number of imidazole rings is 1. The first kappa shape index (κ1) is 24.0. The van der Waals surface area contributed by atoms with E-state index in [4.69, 9.17) is 0 Å². The molecule has 0 saturated carbocycles. The van der Waals surface area contributed by atoms with Crippen molar-refractivity contribution in [2.75, 3.05) is 5.32 Å². The molecule has 2 amide bonds. The van der Waals surface area contributed by atoms with E-state index in [1.807, 2.05) is 0 Å². The molecule has 4 rings (SSSR count). The molecule has 3 aromatic carbocycles. The van der Waals surface area contributed by atoms with Crippen LogP contribution in [0.1, 0.15) is 35.6 Å². The standard InChI is InChI=1S/C26H23F3N4O2/c1-14(2)24(33-25(34)23-18(28)8-5-9-19(23)29)26(35)30-16-10-11-20-21(13-16)32-22(31-20)12-15-6-3-4-7-17(15)27/h3-11,13-14,24H,12H2,1-2H3,(H,30,35)(H,31,32)(H,33,34)/t24-/m0/s1. The number of halogens is 3. The van der Waals surface area contributed by atoms with Crippen LogP contribution in [0, 0.1) is 23.4 Å². The maximum absolute atomic E-state index is 14.0. The number of rotatable bonds is 7. The molecule has 1 atom stereocenters. The third-order valence-corrected chi connectivity index (χ3v) is 5.54. The Bertz CT molecular complexity index is 1380. The normalized spacial score (nSPS) is 12.1. The Morgan fingerprint density at radius 2 is 1.63 bits per heavy atom. The Morgan fingerprint density at radius 1 is 0.943 bits per heavy atom. The average molecular weight is 480 g/mol. The fourth-order valence-corrected chi connectivity index (χ4v) is 3.73. The largest absolute Gasteiger partial charge is 0.342 e. The molecule has 0 aliphatic heterocycles. The van der Waals surface area contributed by atoms with Gasteiger partial charge in [0.1, 0.15) is 34.9 Å². The molecule has 0 aliphatic carbocycles. The Hall–Kier alpha value is -4.14. The van der Waals surface area contributed by atoms with E-state index in [1.165, 1.54) is 6.07 Å². The summed E-state index contributed by atoms with van der Waals surface area (Å²) in [5.74, 6) is -3.71. The summed E-state index contributed by atoms with van der Waals surface area (Å²) in [5.41, 5.74) is 1.46. The smallest absolute Gasteiger partial charge is 0.257 e. The van der Waals surface area contributed by atoms with Gasteiger partial charge >= 0.3 is 0 Å². The molecule has 3 N–H and O–H groups in total. The van der Waals surface area contributed by atoms with E-state index in [0.717, 1.165) is 18.2 Å². The number of hydrogen-bond acceptors (Lipinski definition) is 3. The second-order valence-corrected chi connectivity index (χ2v) is 8.46. The highest BCUT2D eigenvalue weighted by atomic mass is 19.1. The van der Waals surface area contributed by atoms with Crippen LogP contribution < -0.4 is 10.6 Å². The minimum atomic E-state index is -1.05. The van der Waals surface area contributed by atoms with E-state index >= 15 is 0 Å². The van der Waals surface area contributed by atoms with Crippen molar-refractivity contribution in [3.63, 3.8) is 0 Å². The van der Waals surface area contributed by atoms with Gasteiger partial charge in [-0.25, -0.2) is 18.2 Å². The number of nitrogens with zero attached hydrogens (tertiary/aromatic N) is 1. The highest BCUT2D eigenvalue weighted by Gasteiger charge is 2.27. The number of anilines is 1. The van der Waals surface area contributed by atoms with Crippen molar-refractivity contribution < 1.29 is 22.8 Å². The van der Waals surface area contributed by atoms with Crippen molar-refractivity contribution in [2.45, 2.75) is 26.3 Å². The van der Waals surface area contributed by atoms with Crippen LogP contribution in [0.2, 0.25) is 0 Å². The Morgan fingerprint density at radius 3 is 2.31 bits per heavy atom. The lowest BCUT2D eigenvalue weighted by molar-refractivity contribution is -0.118. The summed E-state index contributed by atoms with van der Waals surface area (Å²) in [4.78, 5) is 33.0. The summed E-state index contributed by atoms with van der Waals surface area (Å²) in [6.45, 7) is 3.41. The first-order chi connectivity index (χ1) is 16.7. The molecule has 0 saturated heterocycles. The number of fused-ring (bicyclic) bond motifs is 1. The lowest BCUT2D eigenvalue weighted by Gasteiger charge is -2.22. The van der Waals surface area contributed by atoms with Crippen LogP contribution in [-0.2, 0) is 11.2 Å². The lowest BCUT2D eigenvalue weighted by Crippen LogP contribution is -2.47. The monoisotopic (exact) mass is 480 g/mol. The van der Waals surface area contributed by atoms with Gasteiger partial charge < -0.3 is 15.6 Å². The SMILES string of the molecule is CC(C)[C@H](NC(=O)c1c(F)cccc1F)C(=O)Nc1ccc2nc(Cc3ccccc3F)[nH]c2c1. The number of aromatic amines is 1. The predicted molar refractivity (Wildman–Crippen MR) is 126 cm³/mol. The number of aromatic nitrogens is 2. The van der Waals surface area contributed by atoms with Gasteiger partial charge in [0.05, 0.1) is 11.0 Å². The van der Waals surface area contributed by atoms with Crippen LogP contribution in [0.4, 0.5) is 18.9 Å². The highest BCUT2D eigenvalue weighted by Crippen LogP contribution is 2.20. The van der Waals surface area contributed by atoms with Crippen LogP contribution in [0.15, 0.2) is 60.7 Å². The van der Waals surface area contributed by atoms with Crippen LogP contribution in [0.25, 0.3) is 11.0 Å². The minimum absolute atomic E-state index is 0.275. The molecule has 0 unspecified atom stereocenters. The zero-order valence-corrected chi connectivity index (χ0v) is 19.0. The van der Waals surface area contributed by atoms with Crippen LogP contribution >= 0.6 is 0 Å². The zero-order chi connectivity index (χ0) is 25.1. The molecule has 0 fully saturated rings. The van der Waals surface area contributed by atoms with Crippen molar-refractivity contribution in [3.8, 4) is 0 Å². The fourth-order valence-electron chi connectivity index (χ4n) is 3.73. The molecule has 0 aliphatic rings. The molecule has 6 nitrogen and oxygen atoms in total. The molecule has 4 aromatic rings. The van der Waals surface area contributed by atoms with Crippen molar-refractivity contribution >= 4 is 28.5 Å². The molecular formula is C26H23F3N4O2. The number of nitrogens with one attached hydrogen (secondary N) is 3. The maximum atomic E-state index is 14.0. The Kier molecular flexibility index (Phi) is 6.86. The number of benzene rings is 3. The number of carbonyl (C=O) groups is 2. The average Bonchev–Trinajstić information content (AvgIpc) is 3.20. The second-order valence-electron chi connectivity index (χ2n) is 8.46. The van der Waals surface area contributed by atoms with Gasteiger partial charge in [0.15, 0.2) is 0 Å². The molecule has 180 valence electrons. The molecular weight excluding hydrogens is 457 g/mol.